The number of carbonyl (C=O) groups excluding carboxylic acids is 2. The van der Waals surface area contributed by atoms with Gasteiger partial charge in [-0.05, 0) is 49.5 Å². The van der Waals surface area contributed by atoms with E-state index in [1.54, 1.807) is 0 Å². The van der Waals surface area contributed by atoms with Crippen molar-refractivity contribution in [1.82, 2.24) is 5.32 Å². The smallest absolute Gasteiger partial charge is 0.452 e. The van der Waals surface area contributed by atoms with Crippen molar-refractivity contribution in [1.29, 1.82) is 5.26 Å². The second-order valence-corrected chi connectivity index (χ2v) is 6.01. The molecule has 1 aliphatic rings. The fourth-order valence-corrected chi connectivity index (χ4v) is 2.68. The number of ether oxygens (including phenoxy) is 2. The minimum absolute atomic E-state index is 0.378. The van der Waals surface area contributed by atoms with Crippen LogP contribution in [0.2, 0.25) is 0 Å². The number of nitrogens with one attached hydrogen (secondary N) is 1. The Labute approximate surface area is 153 Å². The molecule has 0 unspecified atom stereocenters. The van der Waals surface area contributed by atoms with Crippen molar-refractivity contribution in [3.63, 3.8) is 0 Å². The Morgan fingerprint density at radius 1 is 1.22 bits per heavy atom. The van der Waals surface area contributed by atoms with E-state index in [1.807, 2.05) is 0 Å². The second kappa shape index (κ2) is 8.58. The van der Waals surface area contributed by atoms with Gasteiger partial charge in [0.05, 0.1) is 6.07 Å². The fraction of sp³-hybridized carbons (Fsp3) is 0.389. The lowest BCUT2D eigenvalue weighted by molar-refractivity contribution is -0.274. The number of alkyl halides is 3. The quantitative estimate of drug-likeness (QED) is 0.603. The number of halogens is 3. The van der Waals surface area contributed by atoms with Gasteiger partial charge >= 0.3 is 12.3 Å². The Kier molecular flexibility index (Phi) is 6.45. The minimum Gasteiger partial charge on any atom is -0.452 e. The van der Waals surface area contributed by atoms with Crippen molar-refractivity contribution >= 4 is 18.0 Å². The van der Waals surface area contributed by atoms with Crippen LogP contribution in [-0.4, -0.2) is 30.4 Å². The molecule has 0 bridgehead atoms. The molecule has 1 aromatic carbocycles. The first-order chi connectivity index (χ1) is 12.7. The highest BCUT2D eigenvalue weighted by Gasteiger charge is 2.35. The van der Waals surface area contributed by atoms with Crippen LogP contribution in [-0.2, 0) is 14.3 Å². The summed E-state index contributed by atoms with van der Waals surface area (Å²) in [6.45, 7) is -0.523. The molecule has 1 aromatic rings. The predicted molar refractivity (Wildman–Crippen MR) is 88.1 cm³/mol. The molecule has 2 rings (SSSR count). The van der Waals surface area contributed by atoms with Crippen LogP contribution in [0.5, 0.6) is 5.75 Å². The van der Waals surface area contributed by atoms with Crippen molar-refractivity contribution in [2.24, 2.45) is 0 Å². The maximum Gasteiger partial charge on any atom is 0.573 e. The van der Waals surface area contributed by atoms with Gasteiger partial charge in [-0.15, -0.1) is 13.2 Å². The number of rotatable bonds is 6. The van der Waals surface area contributed by atoms with Gasteiger partial charge in [-0.1, -0.05) is 12.1 Å². The van der Waals surface area contributed by atoms with E-state index in [0.717, 1.165) is 31.1 Å². The largest absolute Gasteiger partial charge is 0.573 e. The van der Waals surface area contributed by atoms with Gasteiger partial charge in [-0.25, -0.2) is 4.79 Å². The monoisotopic (exact) mass is 382 g/mol. The minimum atomic E-state index is -4.77. The van der Waals surface area contributed by atoms with Gasteiger partial charge in [-0.3, -0.25) is 4.79 Å². The molecule has 1 saturated carbocycles. The van der Waals surface area contributed by atoms with Crippen molar-refractivity contribution in [3.8, 4) is 11.8 Å². The maximum absolute atomic E-state index is 12.1. The van der Waals surface area contributed by atoms with E-state index in [1.165, 1.54) is 18.2 Å². The average Bonchev–Trinajstić information content (AvgIpc) is 3.07. The summed E-state index contributed by atoms with van der Waals surface area (Å²) in [6, 6.07) is 6.96. The van der Waals surface area contributed by atoms with E-state index in [0.29, 0.717) is 18.4 Å². The molecule has 1 aliphatic carbocycles. The van der Waals surface area contributed by atoms with Crippen molar-refractivity contribution in [3.05, 3.63) is 35.9 Å². The van der Waals surface area contributed by atoms with Crippen LogP contribution in [0.4, 0.5) is 13.2 Å². The molecule has 0 heterocycles. The topological polar surface area (TPSA) is 88.4 Å². The van der Waals surface area contributed by atoms with Gasteiger partial charge in [0, 0.05) is 6.08 Å². The summed E-state index contributed by atoms with van der Waals surface area (Å²) in [4.78, 5) is 23.5. The van der Waals surface area contributed by atoms with E-state index in [-0.39, 0.29) is 5.75 Å². The summed E-state index contributed by atoms with van der Waals surface area (Å²) in [5.41, 5.74) is -0.445. The zero-order valence-corrected chi connectivity index (χ0v) is 14.2. The number of hydrogen-bond acceptors (Lipinski definition) is 5. The van der Waals surface area contributed by atoms with Gasteiger partial charge in [-0.2, -0.15) is 5.26 Å². The summed E-state index contributed by atoms with van der Waals surface area (Å²) in [7, 11) is 0. The number of carbonyl (C=O) groups is 2. The van der Waals surface area contributed by atoms with E-state index in [4.69, 9.17) is 4.74 Å². The van der Waals surface area contributed by atoms with Gasteiger partial charge in [0.2, 0.25) is 0 Å². The number of nitriles is 1. The molecule has 1 amide bonds. The lowest BCUT2D eigenvalue weighted by atomic mass is 10.00. The molecule has 0 radical (unpaired) electrons. The van der Waals surface area contributed by atoms with Crippen molar-refractivity contribution in [2.45, 2.75) is 37.6 Å². The standard InChI is InChI=1S/C18H17F3N2O4/c19-18(20,21)27-14-6-3-13(4-7-14)5-8-16(25)26-11-15(24)23-17(12-22)9-1-2-10-17/h3-8H,1-2,9-11H2,(H,23,24)/b8-5+. The highest BCUT2D eigenvalue weighted by molar-refractivity contribution is 5.89. The van der Waals surface area contributed by atoms with E-state index >= 15 is 0 Å². The third-order valence-electron chi connectivity index (χ3n) is 3.92. The third kappa shape index (κ3) is 6.66. The molecule has 1 fully saturated rings. The van der Waals surface area contributed by atoms with Crippen LogP contribution in [0.15, 0.2) is 30.3 Å². The molecule has 1 N–H and O–H groups in total. The van der Waals surface area contributed by atoms with Gasteiger partial charge in [0.25, 0.3) is 5.91 Å². The average molecular weight is 382 g/mol. The van der Waals surface area contributed by atoms with Crippen LogP contribution in [0.25, 0.3) is 6.08 Å². The Morgan fingerprint density at radius 3 is 2.41 bits per heavy atom. The third-order valence-corrected chi connectivity index (χ3v) is 3.92. The molecule has 0 atom stereocenters. The number of hydrogen-bond donors (Lipinski definition) is 1. The van der Waals surface area contributed by atoms with Gasteiger partial charge in [0.1, 0.15) is 11.3 Å². The second-order valence-electron chi connectivity index (χ2n) is 6.01. The molecule has 0 spiro atoms. The van der Waals surface area contributed by atoms with E-state index < -0.39 is 30.4 Å². The van der Waals surface area contributed by atoms with Crippen molar-refractivity contribution in [2.75, 3.05) is 6.61 Å². The lowest BCUT2D eigenvalue weighted by Crippen LogP contribution is -2.46. The van der Waals surface area contributed by atoms with Crippen LogP contribution < -0.4 is 10.1 Å². The molecule has 27 heavy (non-hydrogen) atoms. The normalized spacial score (nSPS) is 15.9. The Hall–Kier alpha value is -3.02. The first kappa shape index (κ1) is 20.3. The van der Waals surface area contributed by atoms with Gasteiger partial charge in [0.15, 0.2) is 6.61 Å². The molecule has 0 aromatic heterocycles. The highest BCUT2D eigenvalue weighted by Crippen LogP contribution is 2.28. The molecule has 0 saturated heterocycles. The Morgan fingerprint density at radius 2 is 1.85 bits per heavy atom. The van der Waals surface area contributed by atoms with Crippen LogP contribution >= 0.6 is 0 Å². The zero-order valence-electron chi connectivity index (χ0n) is 14.2. The van der Waals surface area contributed by atoms with Crippen LogP contribution in [0, 0.1) is 11.3 Å². The van der Waals surface area contributed by atoms with Crippen LogP contribution in [0.3, 0.4) is 0 Å². The number of benzene rings is 1. The predicted octanol–water partition coefficient (Wildman–Crippen LogP) is 3.09. The number of amides is 1. The summed E-state index contributed by atoms with van der Waals surface area (Å²) >= 11 is 0. The zero-order chi connectivity index (χ0) is 19.9. The maximum atomic E-state index is 12.1. The summed E-state index contributed by atoms with van der Waals surface area (Å²) in [6.07, 6.45) is 0.429. The van der Waals surface area contributed by atoms with Crippen LogP contribution in [0.1, 0.15) is 31.2 Å². The molecular formula is C18H17F3N2O4. The van der Waals surface area contributed by atoms with Gasteiger partial charge < -0.3 is 14.8 Å². The molecular weight excluding hydrogens is 365 g/mol. The van der Waals surface area contributed by atoms with E-state index in [2.05, 4.69) is 16.1 Å². The fourth-order valence-electron chi connectivity index (χ4n) is 2.68. The first-order valence-corrected chi connectivity index (χ1v) is 8.14. The summed E-state index contributed by atoms with van der Waals surface area (Å²) in [5.74, 6) is -1.73. The SMILES string of the molecule is N#CC1(NC(=O)COC(=O)/C=C/c2ccc(OC(F)(F)F)cc2)CCCC1. The highest BCUT2D eigenvalue weighted by atomic mass is 19.4. The molecule has 144 valence electrons. The molecule has 6 nitrogen and oxygen atoms in total. The molecule has 9 heteroatoms. The molecule has 0 aliphatic heterocycles. The summed E-state index contributed by atoms with van der Waals surface area (Å²) in [5, 5.41) is 11.8. The van der Waals surface area contributed by atoms with E-state index in [9.17, 15) is 28.0 Å². The van der Waals surface area contributed by atoms with Crippen molar-refractivity contribution < 1.29 is 32.2 Å². The number of esters is 1. The Balaban J connectivity index is 1.79. The lowest BCUT2D eigenvalue weighted by Gasteiger charge is -2.21. The first-order valence-electron chi connectivity index (χ1n) is 8.14. The summed E-state index contributed by atoms with van der Waals surface area (Å²) < 4.78 is 44.7. The Bertz CT molecular complexity index is 745. The number of nitrogens with zero attached hydrogens (tertiary/aromatic N) is 1.